The van der Waals surface area contributed by atoms with Crippen LogP contribution in [-0.4, -0.2) is 33.4 Å². The largest absolute Gasteiger partial charge is 0.381 e. The fourth-order valence-electron chi connectivity index (χ4n) is 2.98. The van der Waals surface area contributed by atoms with Gasteiger partial charge < -0.3 is 10.1 Å². The third-order valence-electron chi connectivity index (χ3n) is 4.47. The molecule has 3 aromatic rings. The van der Waals surface area contributed by atoms with Crippen LogP contribution in [0.2, 0.25) is 0 Å². The first-order valence-corrected chi connectivity index (χ1v) is 9.99. The Balaban J connectivity index is 1.42. The van der Waals surface area contributed by atoms with Crippen molar-refractivity contribution in [2.45, 2.75) is 30.4 Å². The second-order valence-corrected chi connectivity index (χ2v) is 7.69. The van der Waals surface area contributed by atoms with Crippen LogP contribution in [-0.2, 0) is 17.0 Å². The monoisotopic (exact) mass is 366 g/mol. The predicted octanol–water partition coefficient (Wildman–Crippen LogP) is 4.05. The number of nitrogens with one attached hydrogen (secondary N) is 1. The first-order valence-electron chi connectivity index (χ1n) is 8.95. The fraction of sp³-hybridized carbons (Fsp3) is 0.350. The van der Waals surface area contributed by atoms with Crippen molar-refractivity contribution in [1.82, 2.24) is 15.0 Å². The maximum Gasteiger partial charge on any atom is 0.138 e. The number of nitrogens with zero attached hydrogens (tertiary/aromatic N) is 3. The van der Waals surface area contributed by atoms with Crippen molar-refractivity contribution in [2.24, 2.45) is 0 Å². The molecule has 0 unspecified atom stereocenters. The number of fused-ring (bicyclic) bond motifs is 1. The van der Waals surface area contributed by atoms with E-state index in [2.05, 4.69) is 39.6 Å². The summed E-state index contributed by atoms with van der Waals surface area (Å²) in [7, 11) is 0. The van der Waals surface area contributed by atoms with Crippen molar-refractivity contribution in [1.29, 1.82) is 0 Å². The highest BCUT2D eigenvalue weighted by Gasteiger charge is 2.14. The molecule has 0 aliphatic carbocycles. The second kappa shape index (κ2) is 8.47. The SMILES string of the molecule is c1cncc(CNc2ccc3cnc(CSC4CCOCC4)nc3c2)c1. The highest BCUT2D eigenvalue weighted by molar-refractivity contribution is 7.99. The van der Waals surface area contributed by atoms with Gasteiger partial charge in [0.05, 0.1) is 11.3 Å². The van der Waals surface area contributed by atoms with Crippen LogP contribution in [0.25, 0.3) is 10.9 Å². The van der Waals surface area contributed by atoms with Crippen LogP contribution in [0.1, 0.15) is 24.2 Å². The minimum Gasteiger partial charge on any atom is -0.381 e. The molecule has 6 heteroatoms. The van der Waals surface area contributed by atoms with Gasteiger partial charge in [0.25, 0.3) is 0 Å². The molecule has 1 aliphatic rings. The van der Waals surface area contributed by atoms with Crippen molar-refractivity contribution in [2.75, 3.05) is 18.5 Å². The van der Waals surface area contributed by atoms with Gasteiger partial charge in [-0.3, -0.25) is 4.98 Å². The van der Waals surface area contributed by atoms with Crippen molar-refractivity contribution >= 4 is 28.4 Å². The van der Waals surface area contributed by atoms with Crippen molar-refractivity contribution in [3.8, 4) is 0 Å². The van der Waals surface area contributed by atoms with Gasteiger partial charge in [-0.05, 0) is 42.7 Å². The van der Waals surface area contributed by atoms with Crippen LogP contribution in [0.3, 0.4) is 0 Å². The van der Waals surface area contributed by atoms with Crippen LogP contribution in [0.5, 0.6) is 0 Å². The van der Waals surface area contributed by atoms with Crippen LogP contribution in [0.15, 0.2) is 48.9 Å². The van der Waals surface area contributed by atoms with Gasteiger partial charge in [0.15, 0.2) is 0 Å². The molecule has 1 aromatic carbocycles. The summed E-state index contributed by atoms with van der Waals surface area (Å²) in [4.78, 5) is 13.4. The zero-order chi connectivity index (χ0) is 17.6. The molecule has 0 radical (unpaired) electrons. The third-order valence-corrected chi connectivity index (χ3v) is 5.84. The Morgan fingerprint density at radius 2 is 2.08 bits per heavy atom. The lowest BCUT2D eigenvalue weighted by atomic mass is 10.2. The molecule has 4 rings (SSSR count). The van der Waals surface area contributed by atoms with E-state index in [1.54, 1.807) is 6.20 Å². The van der Waals surface area contributed by atoms with E-state index in [1.807, 2.05) is 30.2 Å². The number of hydrogen-bond acceptors (Lipinski definition) is 6. The Hall–Kier alpha value is -2.18. The standard InChI is InChI=1S/C20H22N4OS/c1-2-15(11-21-7-1)12-22-17-4-3-16-13-23-20(24-19(16)10-17)14-26-18-5-8-25-9-6-18/h1-4,7,10-11,13,18,22H,5-6,8-9,12,14H2. The van der Waals surface area contributed by atoms with Crippen molar-refractivity contribution < 1.29 is 4.74 Å². The lowest BCUT2D eigenvalue weighted by Gasteiger charge is -2.21. The minimum absolute atomic E-state index is 0.663. The highest BCUT2D eigenvalue weighted by Crippen LogP contribution is 2.25. The van der Waals surface area contributed by atoms with Gasteiger partial charge in [0, 0.05) is 54.7 Å². The van der Waals surface area contributed by atoms with Gasteiger partial charge >= 0.3 is 0 Å². The fourth-order valence-corrected chi connectivity index (χ4v) is 4.03. The molecule has 2 aromatic heterocycles. The molecule has 1 fully saturated rings. The quantitative estimate of drug-likeness (QED) is 0.710. The zero-order valence-electron chi connectivity index (χ0n) is 14.6. The zero-order valence-corrected chi connectivity index (χ0v) is 15.4. The second-order valence-electron chi connectivity index (χ2n) is 6.40. The lowest BCUT2D eigenvalue weighted by Crippen LogP contribution is -2.17. The Morgan fingerprint density at radius 1 is 1.15 bits per heavy atom. The molecule has 134 valence electrons. The maximum atomic E-state index is 5.42. The van der Waals surface area contributed by atoms with Gasteiger partial charge in [-0.2, -0.15) is 11.8 Å². The molecule has 0 saturated carbocycles. The van der Waals surface area contributed by atoms with E-state index in [4.69, 9.17) is 9.72 Å². The van der Waals surface area contributed by atoms with Crippen LogP contribution >= 0.6 is 11.8 Å². The summed E-state index contributed by atoms with van der Waals surface area (Å²) >= 11 is 1.94. The number of thioether (sulfide) groups is 1. The molecule has 1 aliphatic heterocycles. The van der Waals surface area contributed by atoms with Crippen molar-refractivity contribution in [3.05, 3.63) is 60.3 Å². The molecule has 5 nitrogen and oxygen atoms in total. The molecule has 0 atom stereocenters. The minimum atomic E-state index is 0.663. The first kappa shape index (κ1) is 17.2. The number of aromatic nitrogens is 3. The van der Waals surface area contributed by atoms with Gasteiger partial charge in [0.2, 0.25) is 0 Å². The van der Waals surface area contributed by atoms with E-state index in [-0.39, 0.29) is 0 Å². The smallest absolute Gasteiger partial charge is 0.138 e. The Kier molecular flexibility index (Phi) is 5.62. The van der Waals surface area contributed by atoms with Gasteiger partial charge in [-0.25, -0.2) is 9.97 Å². The summed E-state index contributed by atoms with van der Waals surface area (Å²) < 4.78 is 5.42. The van der Waals surface area contributed by atoms with Gasteiger partial charge in [-0.1, -0.05) is 6.07 Å². The first-order chi connectivity index (χ1) is 12.9. The lowest BCUT2D eigenvalue weighted by molar-refractivity contribution is 0.1000. The summed E-state index contributed by atoms with van der Waals surface area (Å²) in [5.74, 6) is 1.76. The average molecular weight is 366 g/mol. The number of rotatable bonds is 6. The highest BCUT2D eigenvalue weighted by atomic mass is 32.2. The molecule has 1 N–H and O–H groups in total. The molecule has 0 spiro atoms. The normalized spacial score (nSPS) is 15.2. The molecule has 0 amide bonds. The van der Waals surface area contributed by atoms with Crippen LogP contribution in [0.4, 0.5) is 5.69 Å². The van der Waals surface area contributed by atoms with Crippen LogP contribution in [0, 0.1) is 0 Å². The van der Waals surface area contributed by atoms with E-state index in [0.717, 1.165) is 66.3 Å². The molecule has 3 heterocycles. The number of ether oxygens (including phenoxy) is 1. The number of pyridine rings is 1. The van der Waals surface area contributed by atoms with Crippen molar-refractivity contribution in [3.63, 3.8) is 0 Å². The number of benzene rings is 1. The van der Waals surface area contributed by atoms with Gasteiger partial charge in [0.1, 0.15) is 5.82 Å². The molecule has 26 heavy (non-hydrogen) atoms. The Morgan fingerprint density at radius 3 is 2.92 bits per heavy atom. The Labute approximate surface area is 157 Å². The average Bonchev–Trinajstić information content (AvgIpc) is 2.72. The topological polar surface area (TPSA) is 59.9 Å². The Bertz CT molecular complexity index is 853. The van der Waals surface area contributed by atoms with Crippen LogP contribution < -0.4 is 5.32 Å². The van der Waals surface area contributed by atoms with E-state index < -0.39 is 0 Å². The summed E-state index contributed by atoms with van der Waals surface area (Å²) in [5, 5.41) is 5.17. The van der Waals surface area contributed by atoms with E-state index in [0.29, 0.717) is 5.25 Å². The van der Waals surface area contributed by atoms with E-state index in [9.17, 15) is 0 Å². The summed E-state index contributed by atoms with van der Waals surface area (Å²) in [5.41, 5.74) is 3.20. The maximum absolute atomic E-state index is 5.42. The van der Waals surface area contributed by atoms with Gasteiger partial charge in [-0.15, -0.1) is 0 Å². The summed E-state index contributed by atoms with van der Waals surface area (Å²) in [6, 6.07) is 10.2. The number of anilines is 1. The molecule has 0 bridgehead atoms. The molecular weight excluding hydrogens is 344 g/mol. The molecular formula is C20H22N4OS. The van der Waals surface area contributed by atoms with E-state index >= 15 is 0 Å². The third kappa shape index (κ3) is 4.51. The molecule has 1 saturated heterocycles. The predicted molar refractivity (Wildman–Crippen MR) is 106 cm³/mol. The summed E-state index contributed by atoms with van der Waals surface area (Å²) in [6.45, 7) is 2.50. The summed E-state index contributed by atoms with van der Waals surface area (Å²) in [6.07, 6.45) is 7.84. The van der Waals surface area contributed by atoms with E-state index in [1.165, 1.54) is 0 Å². The number of hydrogen-bond donors (Lipinski definition) is 1.